The third-order valence-corrected chi connectivity index (χ3v) is 1.68. The lowest BCUT2D eigenvalue weighted by atomic mass is 10.6. The first kappa shape index (κ1) is 10.1. The van der Waals surface area contributed by atoms with Crippen LogP contribution in [0.15, 0.2) is 0 Å². The second-order valence-corrected chi connectivity index (χ2v) is 2.45. The van der Waals surface area contributed by atoms with Gasteiger partial charge in [-0.25, -0.2) is 0 Å². The molecule has 0 aliphatic heterocycles. The van der Waals surface area contributed by atoms with E-state index in [4.69, 9.17) is 0 Å². The van der Waals surface area contributed by atoms with Gasteiger partial charge in [0.15, 0.2) is 0 Å². The topological polar surface area (TPSA) is 52.6 Å². The standard InChI is InChI=1S/C5H9INO3/c1-4(10-2)7(9)5(8)3-6/h4H,3H2,1-2H3/q-1. The third-order valence-electron chi connectivity index (χ3n) is 1.03. The number of carbonyl (C=O) groups is 1. The Hall–Kier alpha value is 0.120. The molecule has 10 heavy (non-hydrogen) atoms. The molecule has 0 spiro atoms. The van der Waals surface area contributed by atoms with Crippen molar-refractivity contribution in [1.29, 1.82) is 0 Å². The van der Waals surface area contributed by atoms with Crippen molar-refractivity contribution in [3.05, 3.63) is 5.21 Å². The van der Waals surface area contributed by atoms with Crippen LogP contribution in [0.4, 0.5) is 0 Å². The smallest absolute Gasteiger partial charge is 0.223 e. The third kappa shape index (κ3) is 2.80. The van der Waals surface area contributed by atoms with Crippen molar-refractivity contribution in [3.8, 4) is 0 Å². The number of carbonyl (C=O) groups excluding carboxylic acids is 1. The molecular formula is C5H9INO3-. The van der Waals surface area contributed by atoms with Gasteiger partial charge in [-0.05, 0) is 6.92 Å². The summed E-state index contributed by atoms with van der Waals surface area (Å²) in [5.74, 6) is -0.463. The second-order valence-electron chi connectivity index (χ2n) is 1.69. The lowest BCUT2D eigenvalue weighted by Crippen LogP contribution is -2.35. The van der Waals surface area contributed by atoms with E-state index < -0.39 is 12.1 Å². The highest BCUT2D eigenvalue weighted by atomic mass is 127. The van der Waals surface area contributed by atoms with Crippen LogP contribution in [0.2, 0.25) is 0 Å². The Morgan fingerprint density at radius 2 is 2.40 bits per heavy atom. The molecule has 0 saturated carbocycles. The Morgan fingerprint density at radius 3 is 2.70 bits per heavy atom. The summed E-state index contributed by atoms with van der Waals surface area (Å²) >= 11 is 1.83. The zero-order chi connectivity index (χ0) is 8.15. The molecule has 0 aromatic rings. The van der Waals surface area contributed by atoms with E-state index in [1.165, 1.54) is 14.0 Å². The van der Waals surface area contributed by atoms with Crippen molar-refractivity contribution in [2.24, 2.45) is 0 Å². The molecule has 0 aliphatic carbocycles. The molecule has 0 aromatic carbocycles. The van der Waals surface area contributed by atoms with Crippen LogP contribution in [0.25, 0.3) is 0 Å². The Balaban J connectivity index is 3.81. The molecule has 1 unspecified atom stereocenters. The summed E-state index contributed by atoms with van der Waals surface area (Å²) in [5.41, 5.74) is 0. The molecule has 0 aromatic heterocycles. The van der Waals surface area contributed by atoms with Crippen molar-refractivity contribution in [3.63, 3.8) is 0 Å². The average molecular weight is 258 g/mol. The van der Waals surface area contributed by atoms with Gasteiger partial charge in [0.05, 0.1) is 4.43 Å². The fourth-order valence-corrected chi connectivity index (χ4v) is 0.694. The van der Waals surface area contributed by atoms with Gasteiger partial charge in [0.25, 0.3) is 0 Å². The van der Waals surface area contributed by atoms with Gasteiger partial charge in [0.2, 0.25) is 5.91 Å². The van der Waals surface area contributed by atoms with Crippen LogP contribution >= 0.6 is 22.6 Å². The summed E-state index contributed by atoms with van der Waals surface area (Å²) < 4.78 is 4.81. The molecule has 0 N–H and O–H groups in total. The SMILES string of the molecule is COC(C)N([O-])C(=O)CI. The molecule has 0 bridgehead atoms. The number of methoxy groups -OCH3 is 1. The van der Waals surface area contributed by atoms with Crippen LogP contribution < -0.4 is 0 Å². The molecule has 0 rings (SSSR count). The van der Waals surface area contributed by atoms with Crippen LogP contribution in [0.5, 0.6) is 0 Å². The summed E-state index contributed by atoms with van der Waals surface area (Å²) in [4.78, 5) is 10.6. The lowest BCUT2D eigenvalue weighted by Gasteiger charge is -2.32. The Labute approximate surface area is 73.2 Å². The minimum Gasteiger partial charge on any atom is -0.754 e. The maximum Gasteiger partial charge on any atom is 0.223 e. The molecule has 1 atom stereocenters. The van der Waals surface area contributed by atoms with Gasteiger partial charge in [0.1, 0.15) is 6.23 Å². The van der Waals surface area contributed by atoms with Crippen molar-refractivity contribution < 1.29 is 9.53 Å². The maximum absolute atomic E-state index is 10.7. The lowest BCUT2D eigenvalue weighted by molar-refractivity contribution is -0.134. The quantitative estimate of drug-likeness (QED) is 0.324. The van der Waals surface area contributed by atoms with Crippen molar-refractivity contribution >= 4 is 28.5 Å². The van der Waals surface area contributed by atoms with Crippen molar-refractivity contribution in [2.45, 2.75) is 13.2 Å². The maximum atomic E-state index is 10.7. The van der Waals surface area contributed by atoms with Crippen molar-refractivity contribution in [1.82, 2.24) is 5.06 Å². The first-order valence-corrected chi connectivity index (χ1v) is 4.24. The minimum absolute atomic E-state index is 0.189. The Morgan fingerprint density at radius 1 is 1.90 bits per heavy atom. The average Bonchev–Trinajstić information content (AvgIpc) is 2.00. The van der Waals surface area contributed by atoms with E-state index in [1.807, 2.05) is 22.6 Å². The van der Waals surface area contributed by atoms with Crippen LogP contribution in [0, 0.1) is 5.21 Å². The van der Waals surface area contributed by atoms with Gasteiger partial charge >= 0.3 is 0 Å². The van der Waals surface area contributed by atoms with Gasteiger partial charge in [-0.15, -0.1) is 0 Å². The highest BCUT2D eigenvalue weighted by Crippen LogP contribution is 1.99. The Bertz CT molecular complexity index is 119. The number of hydrogen-bond donors (Lipinski definition) is 0. The summed E-state index contributed by atoms with van der Waals surface area (Å²) in [6.07, 6.45) is -0.678. The minimum atomic E-state index is -0.678. The van der Waals surface area contributed by atoms with Crippen LogP contribution in [-0.2, 0) is 9.53 Å². The normalized spacial score (nSPS) is 12.8. The number of hydrogen-bond acceptors (Lipinski definition) is 3. The first-order valence-electron chi connectivity index (χ1n) is 2.71. The number of halogens is 1. The fourth-order valence-electron chi connectivity index (χ4n) is 0.357. The molecule has 0 radical (unpaired) electrons. The number of amides is 1. The number of ether oxygens (including phenoxy) is 1. The molecule has 5 heteroatoms. The molecular weight excluding hydrogens is 249 g/mol. The largest absolute Gasteiger partial charge is 0.754 e. The van der Waals surface area contributed by atoms with Gasteiger partial charge in [-0.2, -0.15) is 0 Å². The molecule has 4 nitrogen and oxygen atoms in total. The summed E-state index contributed by atoms with van der Waals surface area (Å²) in [6.45, 7) is 1.52. The van der Waals surface area contributed by atoms with Gasteiger partial charge in [-0.1, -0.05) is 22.6 Å². The zero-order valence-corrected chi connectivity index (χ0v) is 7.99. The van der Waals surface area contributed by atoms with Crippen molar-refractivity contribution in [2.75, 3.05) is 11.5 Å². The highest BCUT2D eigenvalue weighted by Gasteiger charge is 2.07. The van der Waals surface area contributed by atoms with Gasteiger partial charge in [0, 0.05) is 7.11 Å². The summed E-state index contributed by atoms with van der Waals surface area (Å²) in [6, 6.07) is 0. The van der Waals surface area contributed by atoms with E-state index in [2.05, 4.69) is 4.74 Å². The molecule has 0 fully saturated rings. The molecule has 0 saturated heterocycles. The van der Waals surface area contributed by atoms with E-state index in [9.17, 15) is 10.0 Å². The zero-order valence-electron chi connectivity index (χ0n) is 5.83. The van der Waals surface area contributed by atoms with E-state index in [1.54, 1.807) is 0 Å². The van der Waals surface area contributed by atoms with E-state index >= 15 is 0 Å². The molecule has 1 amide bonds. The predicted octanol–water partition coefficient (Wildman–Crippen LogP) is 0.740. The Kier molecular flexibility index (Phi) is 4.92. The van der Waals surface area contributed by atoms with E-state index in [0.717, 1.165) is 0 Å². The second kappa shape index (κ2) is 4.86. The fraction of sp³-hybridized carbons (Fsp3) is 0.800. The summed E-state index contributed by atoms with van der Waals surface area (Å²) in [5, 5.41) is 11.1. The molecule has 0 aliphatic rings. The number of nitrogens with zero attached hydrogens (tertiary/aromatic N) is 1. The van der Waals surface area contributed by atoms with Gasteiger partial charge in [-0.3, -0.25) is 4.79 Å². The highest BCUT2D eigenvalue weighted by molar-refractivity contribution is 14.1. The predicted molar refractivity (Wildman–Crippen MR) is 45.6 cm³/mol. The van der Waals surface area contributed by atoms with Crippen LogP contribution in [0.1, 0.15) is 6.92 Å². The van der Waals surface area contributed by atoms with Crippen LogP contribution in [0.3, 0.4) is 0 Å². The van der Waals surface area contributed by atoms with E-state index in [-0.39, 0.29) is 4.43 Å². The molecule has 0 heterocycles. The summed E-state index contributed by atoms with van der Waals surface area (Å²) in [7, 11) is 1.38. The number of hydroxylamine groups is 2. The number of rotatable bonds is 3. The van der Waals surface area contributed by atoms with E-state index in [0.29, 0.717) is 5.06 Å². The first-order chi connectivity index (χ1) is 4.63. The van der Waals surface area contributed by atoms with Gasteiger partial charge < -0.3 is 15.0 Å². The monoisotopic (exact) mass is 258 g/mol. The van der Waals surface area contributed by atoms with Crippen LogP contribution in [-0.4, -0.2) is 28.7 Å². The number of alkyl halides is 1. The molecule has 60 valence electrons.